The summed E-state index contributed by atoms with van der Waals surface area (Å²) in [4.78, 5) is 24.7. The molecule has 0 aromatic heterocycles. The van der Waals surface area contributed by atoms with Crippen LogP contribution < -0.4 is 0 Å². The molecule has 0 aliphatic carbocycles. The number of hydrogen-bond donors (Lipinski definition) is 1. The molecule has 0 heterocycles. The van der Waals surface area contributed by atoms with Gasteiger partial charge >= 0.3 is 11.9 Å². The average molecular weight is 1200 g/mol. The molecule has 0 amide bonds. The quantitative estimate of drug-likeness (QED) is 0.0373. The minimum Gasteiger partial charge on any atom is -0.462 e. The van der Waals surface area contributed by atoms with Gasteiger partial charge in [-0.05, 0) is 96.3 Å². The van der Waals surface area contributed by atoms with Gasteiger partial charge in [0.2, 0.25) is 0 Å². The van der Waals surface area contributed by atoms with Gasteiger partial charge in [-0.1, -0.05) is 374 Å². The monoisotopic (exact) mass is 1200 g/mol. The molecule has 0 aliphatic rings. The van der Waals surface area contributed by atoms with Crippen molar-refractivity contribution in [1.29, 1.82) is 0 Å². The van der Waals surface area contributed by atoms with E-state index in [0.717, 1.165) is 96.3 Å². The number of carbonyl (C=O) groups excluding carboxylic acids is 2. The highest BCUT2D eigenvalue weighted by molar-refractivity contribution is 5.70. The molecule has 0 saturated carbocycles. The summed E-state index contributed by atoms with van der Waals surface area (Å²) in [6.45, 7) is 3.95. The van der Waals surface area contributed by atoms with Gasteiger partial charge in [-0.25, -0.2) is 0 Å². The molecule has 0 spiro atoms. The van der Waals surface area contributed by atoms with Crippen LogP contribution >= 0.6 is 0 Å². The fourth-order valence-electron chi connectivity index (χ4n) is 11.1. The lowest BCUT2D eigenvalue weighted by Crippen LogP contribution is -2.28. The first-order valence-corrected chi connectivity index (χ1v) is 37.4. The van der Waals surface area contributed by atoms with Crippen LogP contribution in [0.15, 0.2) is 109 Å². The Hall–Kier alpha value is -3.44. The lowest BCUT2D eigenvalue weighted by Gasteiger charge is -2.15. The van der Waals surface area contributed by atoms with Crippen molar-refractivity contribution in [2.24, 2.45) is 0 Å². The molecule has 0 fully saturated rings. The minimum atomic E-state index is -0.776. The molecular weight excluding hydrogens is 1050 g/mol. The third-order valence-corrected chi connectivity index (χ3v) is 16.6. The summed E-state index contributed by atoms with van der Waals surface area (Å²) in [6.07, 6.45) is 110. The van der Waals surface area contributed by atoms with E-state index < -0.39 is 6.10 Å². The van der Waals surface area contributed by atoms with Crippen molar-refractivity contribution >= 4 is 11.9 Å². The average Bonchev–Trinajstić information content (AvgIpc) is 3.55. The number of carbonyl (C=O) groups is 2. The van der Waals surface area contributed by atoms with E-state index in [-0.39, 0.29) is 25.2 Å². The summed E-state index contributed by atoms with van der Waals surface area (Å²) in [7, 11) is 0. The Bertz CT molecular complexity index is 1640. The lowest BCUT2D eigenvalue weighted by atomic mass is 10.0. The van der Waals surface area contributed by atoms with Gasteiger partial charge in [-0.2, -0.15) is 0 Å². The van der Waals surface area contributed by atoms with Crippen molar-refractivity contribution in [3.63, 3.8) is 0 Å². The van der Waals surface area contributed by atoms with Crippen LogP contribution in [0, 0.1) is 0 Å². The third kappa shape index (κ3) is 73.0. The van der Waals surface area contributed by atoms with Gasteiger partial charge in [-0.15, -0.1) is 0 Å². The molecule has 1 N–H and O–H groups in total. The topological polar surface area (TPSA) is 72.8 Å². The molecule has 0 radical (unpaired) electrons. The highest BCUT2D eigenvalue weighted by atomic mass is 16.6. The molecule has 86 heavy (non-hydrogen) atoms. The molecule has 0 aromatic carbocycles. The predicted octanol–water partition coefficient (Wildman–Crippen LogP) is 26.3. The van der Waals surface area contributed by atoms with Crippen LogP contribution in [-0.2, 0) is 19.1 Å². The Balaban J connectivity index is 3.40. The number of unbranched alkanes of at least 4 members (excludes halogenated alkanes) is 43. The van der Waals surface area contributed by atoms with E-state index >= 15 is 0 Å². The van der Waals surface area contributed by atoms with Crippen molar-refractivity contribution in [1.82, 2.24) is 0 Å². The summed E-state index contributed by atoms with van der Waals surface area (Å²) in [5, 5.41) is 9.72. The molecule has 0 aliphatic heterocycles. The molecule has 0 saturated heterocycles. The standard InChI is InChI=1S/C81H142O5/c1-3-5-7-9-11-13-15-17-19-21-23-25-27-29-31-33-35-36-37-38-39-40-41-42-43-44-46-47-49-51-53-55-57-59-61-63-65-67-69-71-73-75-80(83)85-78-79(77-82)86-81(84)76-74-72-70-68-66-64-62-60-58-56-54-52-50-48-45-34-32-30-28-26-24-22-20-18-16-14-12-10-8-6-4-2/h5-8,11-14,17-20,23-26,30,32,79,82H,3-4,9-10,15-16,21-22,27-29,31,33-78H2,1-2H3/b7-5-,8-6-,13-11-,14-12-,19-17-,20-18-,25-23-,26-24-,32-30-. The van der Waals surface area contributed by atoms with Crippen LogP contribution in [0.1, 0.15) is 373 Å². The van der Waals surface area contributed by atoms with E-state index in [9.17, 15) is 14.7 Å². The first-order chi connectivity index (χ1) is 42.6. The van der Waals surface area contributed by atoms with Gasteiger partial charge in [0.25, 0.3) is 0 Å². The maximum absolute atomic E-state index is 12.4. The molecule has 0 rings (SSSR count). The summed E-state index contributed by atoms with van der Waals surface area (Å²) in [5.41, 5.74) is 0. The second-order valence-corrected chi connectivity index (χ2v) is 25.0. The molecule has 1 unspecified atom stereocenters. The Labute approximate surface area is 535 Å². The smallest absolute Gasteiger partial charge is 0.306 e. The van der Waals surface area contributed by atoms with Crippen molar-refractivity contribution in [3.8, 4) is 0 Å². The maximum atomic E-state index is 12.4. The van der Waals surface area contributed by atoms with Crippen molar-refractivity contribution in [3.05, 3.63) is 109 Å². The van der Waals surface area contributed by atoms with Gasteiger partial charge in [0.1, 0.15) is 6.61 Å². The summed E-state index contributed by atoms with van der Waals surface area (Å²) in [5.74, 6) is -0.575. The van der Waals surface area contributed by atoms with Crippen LogP contribution in [0.3, 0.4) is 0 Å². The van der Waals surface area contributed by atoms with E-state index in [1.165, 1.54) is 250 Å². The molecule has 5 heteroatoms. The number of ether oxygens (including phenoxy) is 2. The molecule has 0 bridgehead atoms. The third-order valence-electron chi connectivity index (χ3n) is 16.6. The van der Waals surface area contributed by atoms with E-state index in [2.05, 4.69) is 123 Å². The molecule has 0 aromatic rings. The van der Waals surface area contributed by atoms with Crippen LogP contribution in [-0.4, -0.2) is 36.4 Å². The van der Waals surface area contributed by atoms with Gasteiger partial charge in [-0.3, -0.25) is 9.59 Å². The van der Waals surface area contributed by atoms with Crippen LogP contribution in [0.5, 0.6) is 0 Å². The number of hydrogen-bond acceptors (Lipinski definition) is 5. The predicted molar refractivity (Wildman–Crippen MR) is 380 cm³/mol. The molecule has 496 valence electrons. The first-order valence-electron chi connectivity index (χ1n) is 37.4. The second-order valence-electron chi connectivity index (χ2n) is 25.0. The molecule has 1 atom stereocenters. The zero-order valence-electron chi connectivity index (χ0n) is 57.1. The van der Waals surface area contributed by atoms with E-state index in [1.54, 1.807) is 0 Å². The summed E-state index contributed by atoms with van der Waals surface area (Å²) in [6, 6.07) is 0. The number of aliphatic hydroxyl groups excluding tert-OH is 1. The SMILES string of the molecule is CC/C=C\C/C=C\C/C=C\C/C=C\C/C=C\CCCCCCCCCCCCCCCCCC(=O)OC(CO)COC(=O)CCCCCCCCCCCCCCCCCCCCCCCCCCCCCC/C=C\C/C=C\C/C=C\C/C=C\CC. The van der Waals surface area contributed by atoms with E-state index in [4.69, 9.17) is 9.47 Å². The fraction of sp³-hybridized carbons (Fsp3) is 0.753. The van der Waals surface area contributed by atoms with Gasteiger partial charge in [0, 0.05) is 12.8 Å². The number of rotatable bonds is 69. The van der Waals surface area contributed by atoms with Gasteiger partial charge in [0.15, 0.2) is 6.10 Å². The van der Waals surface area contributed by atoms with Crippen LogP contribution in [0.25, 0.3) is 0 Å². The second kappa shape index (κ2) is 75.8. The Morgan fingerprint density at radius 3 is 0.698 bits per heavy atom. The largest absolute Gasteiger partial charge is 0.462 e. The van der Waals surface area contributed by atoms with E-state index in [1.807, 2.05) is 0 Å². The lowest BCUT2D eigenvalue weighted by molar-refractivity contribution is -0.161. The Morgan fingerprint density at radius 1 is 0.267 bits per heavy atom. The Kier molecular flexibility index (Phi) is 72.8. The maximum Gasteiger partial charge on any atom is 0.306 e. The number of allylic oxidation sites excluding steroid dienone is 18. The highest BCUT2D eigenvalue weighted by Gasteiger charge is 2.16. The molecular formula is C81H142O5. The highest BCUT2D eigenvalue weighted by Crippen LogP contribution is 2.19. The van der Waals surface area contributed by atoms with Gasteiger partial charge in [0.05, 0.1) is 6.61 Å². The normalized spacial score (nSPS) is 12.8. The van der Waals surface area contributed by atoms with Gasteiger partial charge < -0.3 is 14.6 Å². The summed E-state index contributed by atoms with van der Waals surface area (Å²) >= 11 is 0. The molecule has 5 nitrogen and oxygen atoms in total. The van der Waals surface area contributed by atoms with Crippen LogP contribution in [0.4, 0.5) is 0 Å². The first kappa shape index (κ1) is 82.6. The van der Waals surface area contributed by atoms with E-state index in [0.29, 0.717) is 12.8 Å². The van der Waals surface area contributed by atoms with Crippen molar-refractivity contribution in [2.75, 3.05) is 13.2 Å². The summed E-state index contributed by atoms with van der Waals surface area (Å²) < 4.78 is 10.8. The zero-order valence-corrected chi connectivity index (χ0v) is 57.1. The Morgan fingerprint density at radius 2 is 0.465 bits per heavy atom. The van der Waals surface area contributed by atoms with Crippen molar-refractivity contribution < 1.29 is 24.2 Å². The zero-order chi connectivity index (χ0) is 61.9. The fourth-order valence-corrected chi connectivity index (χ4v) is 11.1. The van der Waals surface area contributed by atoms with Crippen molar-refractivity contribution in [2.45, 2.75) is 380 Å². The minimum absolute atomic E-state index is 0.0644. The number of esters is 2. The van der Waals surface area contributed by atoms with Crippen LogP contribution in [0.2, 0.25) is 0 Å². The number of aliphatic hydroxyl groups is 1.